The van der Waals surface area contributed by atoms with Crippen molar-refractivity contribution in [2.75, 3.05) is 20.8 Å². The molecule has 2 heterocycles. The van der Waals surface area contributed by atoms with Crippen LogP contribution in [0, 0.1) is 0 Å². The summed E-state index contributed by atoms with van der Waals surface area (Å²) < 4.78 is 11.8. The Kier molecular flexibility index (Phi) is 4.05. The highest BCUT2D eigenvalue weighted by atomic mass is 16.5. The summed E-state index contributed by atoms with van der Waals surface area (Å²) in [5.41, 5.74) is 3.67. The maximum Gasteiger partial charge on any atom is 0.418 e. The van der Waals surface area contributed by atoms with E-state index in [0.717, 1.165) is 40.7 Å². The first-order chi connectivity index (χ1) is 12.7. The molecule has 6 nitrogen and oxygen atoms in total. The molecule has 26 heavy (non-hydrogen) atoms. The molecule has 0 saturated carbocycles. The standard InChI is InChI=1S/C20H20N2O4/c1-25-17-8-7-12(11-16(17)23)18-19-14(9-10-21-18)13-5-3-4-6-15(13)22(19)20(24)26-2/h3-8,11,18,21,23H,9-10H2,1-2H3. The summed E-state index contributed by atoms with van der Waals surface area (Å²) in [4.78, 5) is 12.5. The number of carbonyl (C=O) groups excluding carboxylic acids is 1. The number of methoxy groups -OCH3 is 2. The number of phenols is 1. The topological polar surface area (TPSA) is 72.7 Å². The van der Waals surface area contributed by atoms with Crippen LogP contribution in [0.4, 0.5) is 4.79 Å². The van der Waals surface area contributed by atoms with E-state index in [1.54, 1.807) is 16.7 Å². The van der Waals surface area contributed by atoms with E-state index < -0.39 is 6.09 Å². The van der Waals surface area contributed by atoms with Crippen molar-refractivity contribution in [3.8, 4) is 11.5 Å². The number of ether oxygens (including phenoxy) is 2. The molecular formula is C20H20N2O4. The van der Waals surface area contributed by atoms with Gasteiger partial charge >= 0.3 is 6.09 Å². The average Bonchev–Trinajstić information content (AvgIpc) is 3.02. The van der Waals surface area contributed by atoms with Crippen molar-refractivity contribution in [3.05, 3.63) is 59.3 Å². The lowest BCUT2D eigenvalue weighted by Gasteiger charge is -2.27. The first-order valence-electron chi connectivity index (χ1n) is 8.46. The Hall–Kier alpha value is -2.99. The molecule has 0 aliphatic carbocycles. The van der Waals surface area contributed by atoms with E-state index in [1.165, 1.54) is 14.2 Å². The second-order valence-electron chi connectivity index (χ2n) is 6.25. The van der Waals surface area contributed by atoms with E-state index in [2.05, 4.69) is 5.32 Å². The van der Waals surface area contributed by atoms with Crippen LogP contribution in [-0.2, 0) is 11.2 Å². The van der Waals surface area contributed by atoms with Crippen LogP contribution in [0.2, 0.25) is 0 Å². The van der Waals surface area contributed by atoms with E-state index in [4.69, 9.17) is 9.47 Å². The third-order valence-corrected chi connectivity index (χ3v) is 4.91. The Morgan fingerprint density at radius 1 is 1.23 bits per heavy atom. The molecule has 1 aliphatic rings. The van der Waals surface area contributed by atoms with Crippen LogP contribution in [0.3, 0.4) is 0 Å². The molecule has 2 aromatic carbocycles. The molecule has 4 rings (SSSR count). The van der Waals surface area contributed by atoms with Gasteiger partial charge in [0.2, 0.25) is 0 Å². The molecule has 0 saturated heterocycles. The van der Waals surface area contributed by atoms with Gasteiger partial charge in [-0.25, -0.2) is 9.36 Å². The first kappa shape index (κ1) is 16.5. The molecule has 0 radical (unpaired) electrons. The van der Waals surface area contributed by atoms with Crippen LogP contribution in [-0.4, -0.2) is 36.5 Å². The smallest absolute Gasteiger partial charge is 0.418 e. The molecular weight excluding hydrogens is 332 g/mol. The van der Waals surface area contributed by atoms with Crippen molar-refractivity contribution in [2.45, 2.75) is 12.5 Å². The molecule has 1 aliphatic heterocycles. The van der Waals surface area contributed by atoms with Crippen LogP contribution < -0.4 is 10.1 Å². The van der Waals surface area contributed by atoms with E-state index in [1.807, 2.05) is 30.3 Å². The number of para-hydroxylation sites is 1. The molecule has 134 valence electrons. The highest BCUT2D eigenvalue weighted by Gasteiger charge is 2.31. The summed E-state index contributed by atoms with van der Waals surface area (Å²) in [7, 11) is 2.90. The quantitative estimate of drug-likeness (QED) is 0.741. The van der Waals surface area contributed by atoms with Gasteiger partial charge in [-0.3, -0.25) is 0 Å². The Balaban J connectivity index is 1.95. The molecule has 2 N–H and O–H groups in total. The van der Waals surface area contributed by atoms with Crippen molar-refractivity contribution >= 4 is 17.0 Å². The number of aromatic nitrogens is 1. The van der Waals surface area contributed by atoms with Gasteiger partial charge in [0.15, 0.2) is 11.5 Å². The minimum atomic E-state index is -0.422. The van der Waals surface area contributed by atoms with Gasteiger partial charge in [-0.05, 0) is 35.7 Å². The minimum Gasteiger partial charge on any atom is -0.504 e. The summed E-state index contributed by atoms with van der Waals surface area (Å²) in [6, 6.07) is 12.9. The van der Waals surface area contributed by atoms with Crippen molar-refractivity contribution in [1.82, 2.24) is 9.88 Å². The predicted molar refractivity (Wildman–Crippen MR) is 97.9 cm³/mol. The maximum atomic E-state index is 12.5. The van der Waals surface area contributed by atoms with Gasteiger partial charge < -0.3 is 19.9 Å². The molecule has 1 atom stereocenters. The average molecular weight is 352 g/mol. The Morgan fingerprint density at radius 2 is 2.04 bits per heavy atom. The summed E-state index contributed by atoms with van der Waals surface area (Å²) >= 11 is 0. The second kappa shape index (κ2) is 6.38. The number of nitrogens with one attached hydrogen (secondary N) is 1. The van der Waals surface area contributed by atoms with Gasteiger partial charge in [-0.1, -0.05) is 24.3 Å². The van der Waals surface area contributed by atoms with Crippen LogP contribution in [0.15, 0.2) is 42.5 Å². The highest BCUT2D eigenvalue weighted by molar-refractivity contribution is 5.94. The number of hydrogen-bond acceptors (Lipinski definition) is 5. The van der Waals surface area contributed by atoms with Crippen molar-refractivity contribution in [1.29, 1.82) is 0 Å². The van der Waals surface area contributed by atoms with E-state index >= 15 is 0 Å². The molecule has 0 bridgehead atoms. The summed E-state index contributed by atoms with van der Waals surface area (Å²) in [6.07, 6.45) is 0.396. The third-order valence-electron chi connectivity index (χ3n) is 4.91. The molecule has 1 aromatic heterocycles. The summed E-state index contributed by atoms with van der Waals surface area (Å²) in [6.45, 7) is 0.777. The number of rotatable bonds is 2. The Bertz CT molecular complexity index is 993. The zero-order valence-corrected chi connectivity index (χ0v) is 14.7. The first-order valence-corrected chi connectivity index (χ1v) is 8.46. The molecule has 1 unspecified atom stereocenters. The number of aromatic hydroxyl groups is 1. The number of nitrogens with zero attached hydrogens (tertiary/aromatic N) is 1. The number of phenolic OH excluding ortho intramolecular Hbond substituents is 1. The molecule has 0 spiro atoms. The van der Waals surface area contributed by atoms with Gasteiger partial charge in [-0.2, -0.15) is 0 Å². The number of benzene rings is 2. The van der Waals surface area contributed by atoms with Gasteiger partial charge in [0.25, 0.3) is 0 Å². The maximum absolute atomic E-state index is 12.5. The molecule has 0 fully saturated rings. The molecule has 3 aromatic rings. The van der Waals surface area contributed by atoms with Gasteiger partial charge in [0.1, 0.15) is 0 Å². The molecule has 0 amide bonds. The largest absolute Gasteiger partial charge is 0.504 e. The summed E-state index contributed by atoms with van der Waals surface area (Å²) in [5, 5.41) is 14.7. The second-order valence-corrected chi connectivity index (χ2v) is 6.25. The molecule has 6 heteroatoms. The van der Waals surface area contributed by atoms with Gasteiger partial charge in [0, 0.05) is 11.9 Å². The van der Waals surface area contributed by atoms with Crippen molar-refractivity contribution in [3.63, 3.8) is 0 Å². The van der Waals surface area contributed by atoms with Gasteiger partial charge in [-0.15, -0.1) is 0 Å². The van der Waals surface area contributed by atoms with Crippen LogP contribution in [0.25, 0.3) is 10.9 Å². The fourth-order valence-corrected chi connectivity index (χ4v) is 3.78. The Labute approximate surface area is 151 Å². The monoisotopic (exact) mass is 352 g/mol. The lowest BCUT2D eigenvalue weighted by atomic mass is 9.94. The van der Waals surface area contributed by atoms with Crippen molar-refractivity contribution < 1.29 is 19.4 Å². The predicted octanol–water partition coefficient (Wildman–Crippen LogP) is 3.21. The fraction of sp³-hybridized carbons (Fsp3) is 0.250. The van der Waals surface area contributed by atoms with E-state index in [-0.39, 0.29) is 11.8 Å². The highest BCUT2D eigenvalue weighted by Crippen LogP contribution is 2.38. The zero-order chi connectivity index (χ0) is 18.3. The SMILES string of the molecule is COC(=O)n1c2c(c3ccccc31)CCNC2c1ccc(OC)c(O)c1. The number of fused-ring (bicyclic) bond motifs is 3. The lowest BCUT2D eigenvalue weighted by molar-refractivity contribution is 0.172. The fourth-order valence-electron chi connectivity index (χ4n) is 3.78. The summed E-state index contributed by atoms with van der Waals surface area (Å²) in [5.74, 6) is 0.484. The lowest BCUT2D eigenvalue weighted by Crippen LogP contribution is -2.33. The third kappa shape index (κ3) is 2.42. The number of hydrogen-bond donors (Lipinski definition) is 2. The van der Waals surface area contributed by atoms with Crippen molar-refractivity contribution in [2.24, 2.45) is 0 Å². The van der Waals surface area contributed by atoms with Crippen LogP contribution >= 0.6 is 0 Å². The van der Waals surface area contributed by atoms with Crippen LogP contribution in [0.1, 0.15) is 22.9 Å². The normalized spacial score (nSPS) is 16.3. The zero-order valence-electron chi connectivity index (χ0n) is 14.7. The van der Waals surface area contributed by atoms with E-state index in [9.17, 15) is 9.90 Å². The van der Waals surface area contributed by atoms with Gasteiger partial charge in [0.05, 0.1) is 31.5 Å². The Morgan fingerprint density at radius 3 is 2.77 bits per heavy atom. The van der Waals surface area contributed by atoms with E-state index in [0.29, 0.717) is 5.75 Å². The van der Waals surface area contributed by atoms with Crippen LogP contribution in [0.5, 0.6) is 11.5 Å². The number of carbonyl (C=O) groups is 1. The minimum absolute atomic E-state index is 0.0691.